The van der Waals surface area contributed by atoms with Gasteiger partial charge < -0.3 is 14.2 Å². The Labute approximate surface area is 181 Å². The number of benzene rings is 2. The molecule has 0 N–H and O–H groups in total. The number of thioether (sulfide) groups is 1. The Hall–Kier alpha value is -2.03. The van der Waals surface area contributed by atoms with E-state index in [4.69, 9.17) is 26.4 Å². The number of amides is 1. The summed E-state index contributed by atoms with van der Waals surface area (Å²) in [6.07, 6.45) is 1.79. The highest BCUT2D eigenvalue weighted by Crippen LogP contribution is 2.41. The summed E-state index contributed by atoms with van der Waals surface area (Å²) in [4.78, 5) is 15.1. The van der Waals surface area contributed by atoms with Gasteiger partial charge in [0.1, 0.15) is 5.75 Å². The topological polar surface area (TPSA) is 48.0 Å². The van der Waals surface area contributed by atoms with Gasteiger partial charge in [0.15, 0.2) is 15.8 Å². The zero-order valence-electron chi connectivity index (χ0n) is 15.5. The summed E-state index contributed by atoms with van der Waals surface area (Å²) < 4.78 is 17.6. The van der Waals surface area contributed by atoms with Crippen molar-refractivity contribution in [2.24, 2.45) is 0 Å². The first-order valence-electron chi connectivity index (χ1n) is 8.41. The predicted octanol–water partition coefficient (Wildman–Crippen LogP) is 5.27. The molecule has 1 amide bonds. The average molecular weight is 480 g/mol. The van der Waals surface area contributed by atoms with Crippen LogP contribution in [0.15, 0.2) is 45.8 Å². The summed E-state index contributed by atoms with van der Waals surface area (Å²) in [5.74, 6) is 1.62. The van der Waals surface area contributed by atoms with E-state index in [0.717, 1.165) is 10.0 Å². The van der Waals surface area contributed by atoms with E-state index in [1.54, 1.807) is 26.4 Å². The van der Waals surface area contributed by atoms with Crippen molar-refractivity contribution in [1.82, 2.24) is 0 Å². The Kier molecular flexibility index (Phi) is 6.64. The second-order valence-corrected chi connectivity index (χ2v) is 8.18. The minimum atomic E-state index is -0.195. The summed E-state index contributed by atoms with van der Waals surface area (Å²) in [7, 11) is 3.15. The van der Waals surface area contributed by atoms with E-state index >= 15 is 0 Å². The number of thiocarbonyl (C=S) groups is 1. The van der Waals surface area contributed by atoms with Gasteiger partial charge in [-0.1, -0.05) is 52.0 Å². The Bertz CT molecular complexity index is 961. The molecular formula is C20H18BrNO4S2. The molecular weight excluding hydrogens is 462 g/mol. The molecule has 0 saturated carbocycles. The number of hydrogen-bond acceptors (Lipinski definition) is 6. The van der Waals surface area contributed by atoms with Crippen molar-refractivity contribution in [3.05, 3.63) is 51.3 Å². The van der Waals surface area contributed by atoms with Crippen molar-refractivity contribution in [2.45, 2.75) is 6.92 Å². The predicted molar refractivity (Wildman–Crippen MR) is 121 cm³/mol. The van der Waals surface area contributed by atoms with Crippen LogP contribution in [-0.4, -0.2) is 31.1 Å². The number of carbonyl (C=O) groups is 1. The molecule has 0 atom stereocenters. The standard InChI is InChI=1S/C20H18BrNO4S2/c1-4-26-17-11-13(21)12(9-16(17)25-3)10-18-19(23)22(20(27)28-18)14-7-5-6-8-15(14)24-2/h5-11H,4H2,1-3H3. The fourth-order valence-electron chi connectivity index (χ4n) is 2.72. The molecule has 5 nitrogen and oxygen atoms in total. The van der Waals surface area contributed by atoms with E-state index in [1.165, 1.54) is 16.7 Å². The van der Waals surface area contributed by atoms with E-state index in [2.05, 4.69) is 15.9 Å². The van der Waals surface area contributed by atoms with Gasteiger partial charge in [0.2, 0.25) is 0 Å². The number of methoxy groups -OCH3 is 2. The maximum Gasteiger partial charge on any atom is 0.270 e. The van der Waals surface area contributed by atoms with Crippen LogP contribution >= 0.6 is 39.9 Å². The summed E-state index contributed by atoms with van der Waals surface area (Å²) in [6.45, 7) is 2.43. The summed E-state index contributed by atoms with van der Waals surface area (Å²) in [5, 5.41) is 0. The zero-order chi connectivity index (χ0) is 20.3. The van der Waals surface area contributed by atoms with Gasteiger partial charge in [0, 0.05) is 4.47 Å². The van der Waals surface area contributed by atoms with Crippen molar-refractivity contribution in [2.75, 3.05) is 25.7 Å². The maximum atomic E-state index is 13.0. The summed E-state index contributed by atoms with van der Waals surface area (Å²) in [5.41, 5.74) is 1.42. The van der Waals surface area contributed by atoms with E-state index < -0.39 is 0 Å². The third kappa shape index (κ3) is 4.04. The zero-order valence-corrected chi connectivity index (χ0v) is 18.7. The molecule has 3 rings (SSSR count). The molecule has 2 aromatic rings. The maximum absolute atomic E-state index is 13.0. The van der Waals surface area contributed by atoms with Crippen LogP contribution in [0.1, 0.15) is 12.5 Å². The molecule has 1 heterocycles. The molecule has 0 aromatic heterocycles. The molecule has 1 aliphatic rings. The Morgan fingerprint density at radius 3 is 2.54 bits per heavy atom. The number of nitrogens with zero attached hydrogens (tertiary/aromatic N) is 1. The van der Waals surface area contributed by atoms with E-state index in [-0.39, 0.29) is 5.91 Å². The van der Waals surface area contributed by atoms with E-state index in [9.17, 15) is 4.79 Å². The molecule has 1 fully saturated rings. The molecule has 8 heteroatoms. The number of ether oxygens (including phenoxy) is 3. The molecule has 28 heavy (non-hydrogen) atoms. The second-order valence-electron chi connectivity index (χ2n) is 5.65. The van der Waals surface area contributed by atoms with Gasteiger partial charge in [0.25, 0.3) is 5.91 Å². The fraction of sp³-hybridized carbons (Fsp3) is 0.200. The highest BCUT2D eigenvalue weighted by atomic mass is 79.9. The molecule has 0 bridgehead atoms. The smallest absolute Gasteiger partial charge is 0.270 e. The third-order valence-electron chi connectivity index (χ3n) is 3.99. The molecule has 2 aromatic carbocycles. The van der Waals surface area contributed by atoms with Crippen LogP contribution in [0, 0.1) is 0 Å². The van der Waals surface area contributed by atoms with Crippen LogP contribution in [0.5, 0.6) is 17.2 Å². The first-order chi connectivity index (χ1) is 13.5. The first kappa shape index (κ1) is 20.7. The minimum absolute atomic E-state index is 0.195. The van der Waals surface area contributed by atoms with Crippen LogP contribution in [0.2, 0.25) is 0 Å². The number of anilines is 1. The van der Waals surface area contributed by atoms with Gasteiger partial charge in [-0.3, -0.25) is 9.69 Å². The van der Waals surface area contributed by atoms with Crippen molar-refractivity contribution >= 4 is 61.9 Å². The lowest BCUT2D eigenvalue weighted by molar-refractivity contribution is -0.113. The quantitative estimate of drug-likeness (QED) is 0.415. The lowest BCUT2D eigenvalue weighted by Gasteiger charge is -2.17. The SMILES string of the molecule is CCOc1cc(Br)c(C=C2SC(=S)N(c3ccccc3OC)C2=O)cc1OC. The molecule has 0 spiro atoms. The van der Waals surface area contributed by atoms with Gasteiger partial charge >= 0.3 is 0 Å². The first-order valence-corrected chi connectivity index (χ1v) is 10.4. The van der Waals surface area contributed by atoms with Crippen molar-refractivity contribution in [1.29, 1.82) is 0 Å². The van der Waals surface area contributed by atoms with E-state index in [0.29, 0.717) is 38.8 Å². The Morgan fingerprint density at radius 2 is 1.86 bits per heavy atom. The largest absolute Gasteiger partial charge is 0.495 e. The van der Waals surface area contributed by atoms with Gasteiger partial charge in [0.05, 0.1) is 31.4 Å². The van der Waals surface area contributed by atoms with Crippen LogP contribution in [0.4, 0.5) is 5.69 Å². The summed E-state index contributed by atoms with van der Waals surface area (Å²) >= 11 is 10.2. The van der Waals surface area contributed by atoms with Gasteiger partial charge in [-0.25, -0.2) is 0 Å². The lowest BCUT2D eigenvalue weighted by atomic mass is 10.1. The van der Waals surface area contributed by atoms with Crippen molar-refractivity contribution in [3.63, 3.8) is 0 Å². The third-order valence-corrected chi connectivity index (χ3v) is 5.98. The molecule has 1 aliphatic heterocycles. The molecule has 146 valence electrons. The van der Waals surface area contributed by atoms with Gasteiger partial charge in [-0.2, -0.15) is 0 Å². The number of rotatable bonds is 6. The van der Waals surface area contributed by atoms with Crippen LogP contribution in [0.25, 0.3) is 6.08 Å². The van der Waals surface area contributed by atoms with Gasteiger partial charge in [-0.15, -0.1) is 0 Å². The van der Waals surface area contributed by atoms with E-state index in [1.807, 2.05) is 37.3 Å². The minimum Gasteiger partial charge on any atom is -0.495 e. The Morgan fingerprint density at radius 1 is 1.14 bits per heavy atom. The lowest BCUT2D eigenvalue weighted by Crippen LogP contribution is -2.27. The van der Waals surface area contributed by atoms with Gasteiger partial charge in [-0.05, 0) is 42.8 Å². The molecule has 0 radical (unpaired) electrons. The fourth-order valence-corrected chi connectivity index (χ4v) is 4.43. The number of halogens is 1. The molecule has 0 unspecified atom stereocenters. The van der Waals surface area contributed by atoms with Crippen molar-refractivity contribution < 1.29 is 19.0 Å². The van der Waals surface area contributed by atoms with Crippen LogP contribution in [-0.2, 0) is 4.79 Å². The number of carbonyl (C=O) groups excluding carboxylic acids is 1. The summed E-state index contributed by atoms with van der Waals surface area (Å²) in [6, 6.07) is 10.9. The highest BCUT2D eigenvalue weighted by molar-refractivity contribution is 9.10. The van der Waals surface area contributed by atoms with Crippen molar-refractivity contribution in [3.8, 4) is 17.2 Å². The monoisotopic (exact) mass is 479 g/mol. The van der Waals surface area contributed by atoms with Crippen LogP contribution < -0.4 is 19.1 Å². The Balaban J connectivity index is 1.98. The molecule has 1 saturated heterocycles. The normalized spacial score (nSPS) is 15.3. The molecule has 0 aliphatic carbocycles. The number of hydrogen-bond donors (Lipinski definition) is 0. The highest BCUT2D eigenvalue weighted by Gasteiger charge is 2.35. The van der Waals surface area contributed by atoms with Crippen LogP contribution in [0.3, 0.4) is 0 Å². The number of para-hydroxylation sites is 2. The average Bonchev–Trinajstić information content (AvgIpc) is 2.97. The second kappa shape index (κ2) is 8.98.